The van der Waals surface area contributed by atoms with E-state index >= 15 is 0 Å². The van der Waals surface area contributed by atoms with Gasteiger partial charge in [0.15, 0.2) is 0 Å². The highest BCUT2D eigenvalue weighted by molar-refractivity contribution is 5.90. The first kappa shape index (κ1) is 19.3. The van der Waals surface area contributed by atoms with Crippen LogP contribution in [0.4, 0.5) is 4.79 Å². The van der Waals surface area contributed by atoms with Gasteiger partial charge < -0.3 is 14.8 Å². The third-order valence-electron chi connectivity index (χ3n) is 4.41. The topological polar surface area (TPSA) is 97.8 Å². The molecule has 3 rings (SSSR count). The van der Waals surface area contributed by atoms with Crippen molar-refractivity contribution < 1.29 is 23.9 Å². The van der Waals surface area contributed by atoms with Crippen molar-refractivity contribution in [1.82, 2.24) is 15.2 Å². The zero-order valence-corrected chi connectivity index (χ0v) is 15.5. The van der Waals surface area contributed by atoms with Crippen molar-refractivity contribution in [1.29, 1.82) is 0 Å². The average molecular weight is 383 g/mol. The second kappa shape index (κ2) is 8.98. The van der Waals surface area contributed by atoms with Crippen LogP contribution in [0.3, 0.4) is 0 Å². The first-order valence-corrected chi connectivity index (χ1v) is 8.85. The number of esters is 1. The fraction of sp³-hybridized carbons (Fsp3) is 0.300. The number of hydrogen-bond donors (Lipinski definition) is 1. The highest BCUT2D eigenvalue weighted by Crippen LogP contribution is 2.18. The molecule has 2 heterocycles. The minimum Gasteiger partial charge on any atom is -0.465 e. The zero-order valence-electron chi connectivity index (χ0n) is 15.5. The number of amides is 2. The van der Waals surface area contributed by atoms with Gasteiger partial charge in [0.2, 0.25) is 5.91 Å². The van der Waals surface area contributed by atoms with Gasteiger partial charge in [0.1, 0.15) is 12.6 Å². The highest BCUT2D eigenvalue weighted by atomic mass is 16.6. The van der Waals surface area contributed by atoms with E-state index in [0.717, 1.165) is 5.56 Å². The van der Waals surface area contributed by atoms with E-state index in [4.69, 9.17) is 9.47 Å². The number of carbonyl (C=O) groups excluding carboxylic acids is 3. The molecule has 1 aromatic heterocycles. The molecule has 1 atom stereocenters. The normalized spacial score (nSPS) is 15.8. The van der Waals surface area contributed by atoms with Crippen LogP contribution in [0.15, 0.2) is 48.8 Å². The third-order valence-corrected chi connectivity index (χ3v) is 4.41. The Kier molecular flexibility index (Phi) is 6.21. The van der Waals surface area contributed by atoms with E-state index in [2.05, 4.69) is 10.3 Å². The Bertz CT molecular complexity index is 856. The number of pyridine rings is 1. The lowest BCUT2D eigenvalue weighted by molar-refractivity contribution is -0.124. The summed E-state index contributed by atoms with van der Waals surface area (Å²) in [6, 6.07) is 9.78. The molecule has 0 bridgehead atoms. The van der Waals surface area contributed by atoms with Crippen molar-refractivity contribution in [2.45, 2.75) is 19.0 Å². The first-order chi connectivity index (χ1) is 13.6. The van der Waals surface area contributed by atoms with Crippen LogP contribution in [0, 0.1) is 0 Å². The zero-order chi connectivity index (χ0) is 19.9. The van der Waals surface area contributed by atoms with E-state index in [9.17, 15) is 14.4 Å². The number of ether oxygens (including phenoxy) is 2. The van der Waals surface area contributed by atoms with E-state index in [1.54, 1.807) is 36.7 Å². The predicted octanol–water partition coefficient (Wildman–Crippen LogP) is 1.55. The molecule has 28 heavy (non-hydrogen) atoms. The molecular formula is C20H21N3O5. The summed E-state index contributed by atoms with van der Waals surface area (Å²) in [5.74, 6) is -0.741. The molecule has 1 aromatic carbocycles. The summed E-state index contributed by atoms with van der Waals surface area (Å²) in [7, 11) is 1.30. The SMILES string of the molecule is COC(=O)c1cccc(CN2C(=O)OC[C@H]2C(=O)NCCc2cccnc2)c1. The lowest BCUT2D eigenvalue weighted by atomic mass is 10.1. The molecule has 1 saturated heterocycles. The summed E-state index contributed by atoms with van der Waals surface area (Å²) in [4.78, 5) is 41.7. The second-order valence-electron chi connectivity index (χ2n) is 6.31. The van der Waals surface area contributed by atoms with Gasteiger partial charge in [-0.15, -0.1) is 0 Å². The molecule has 0 spiro atoms. The minimum atomic E-state index is -0.719. The Morgan fingerprint density at radius 1 is 1.29 bits per heavy atom. The van der Waals surface area contributed by atoms with E-state index < -0.39 is 18.1 Å². The molecule has 0 radical (unpaired) electrons. The lowest BCUT2D eigenvalue weighted by Crippen LogP contribution is -2.45. The molecule has 8 nitrogen and oxygen atoms in total. The summed E-state index contributed by atoms with van der Waals surface area (Å²) < 4.78 is 9.77. The number of carbonyl (C=O) groups is 3. The quantitative estimate of drug-likeness (QED) is 0.729. The third kappa shape index (κ3) is 4.64. The smallest absolute Gasteiger partial charge is 0.410 e. The summed E-state index contributed by atoms with van der Waals surface area (Å²) >= 11 is 0. The molecule has 1 fully saturated rings. The van der Waals surface area contributed by atoms with E-state index in [1.165, 1.54) is 12.0 Å². The van der Waals surface area contributed by atoms with Crippen LogP contribution in [-0.2, 0) is 27.2 Å². The van der Waals surface area contributed by atoms with Gasteiger partial charge in [-0.3, -0.25) is 14.7 Å². The summed E-state index contributed by atoms with van der Waals surface area (Å²) in [5, 5.41) is 2.83. The van der Waals surface area contributed by atoms with E-state index in [-0.39, 0.29) is 19.1 Å². The van der Waals surface area contributed by atoms with Crippen molar-refractivity contribution in [2.24, 2.45) is 0 Å². The molecule has 146 valence electrons. The van der Waals surface area contributed by atoms with Crippen molar-refractivity contribution in [3.05, 3.63) is 65.5 Å². The van der Waals surface area contributed by atoms with Gasteiger partial charge in [0.05, 0.1) is 19.2 Å². The number of aromatic nitrogens is 1. The van der Waals surface area contributed by atoms with Gasteiger partial charge in [-0.2, -0.15) is 0 Å². The van der Waals surface area contributed by atoms with Crippen molar-refractivity contribution in [2.75, 3.05) is 20.3 Å². The number of cyclic esters (lactones) is 1. The lowest BCUT2D eigenvalue weighted by Gasteiger charge is -2.21. The number of methoxy groups -OCH3 is 1. The first-order valence-electron chi connectivity index (χ1n) is 8.85. The Morgan fingerprint density at radius 3 is 2.86 bits per heavy atom. The molecule has 1 N–H and O–H groups in total. The number of rotatable bonds is 7. The molecule has 0 saturated carbocycles. The van der Waals surface area contributed by atoms with Gasteiger partial charge >= 0.3 is 12.1 Å². The van der Waals surface area contributed by atoms with Crippen LogP contribution in [0.1, 0.15) is 21.5 Å². The van der Waals surface area contributed by atoms with E-state index in [0.29, 0.717) is 24.1 Å². The number of hydrogen-bond acceptors (Lipinski definition) is 6. The molecule has 2 amide bonds. The maximum Gasteiger partial charge on any atom is 0.410 e. The van der Waals surface area contributed by atoms with Crippen molar-refractivity contribution >= 4 is 18.0 Å². The summed E-state index contributed by atoms with van der Waals surface area (Å²) in [6.45, 7) is 0.583. The van der Waals surface area contributed by atoms with Crippen LogP contribution in [0.2, 0.25) is 0 Å². The second-order valence-corrected chi connectivity index (χ2v) is 6.31. The molecular weight excluding hydrogens is 362 g/mol. The fourth-order valence-corrected chi connectivity index (χ4v) is 2.95. The predicted molar refractivity (Wildman–Crippen MR) is 99.4 cm³/mol. The number of benzene rings is 1. The number of nitrogens with one attached hydrogen (secondary N) is 1. The average Bonchev–Trinajstić information content (AvgIpc) is 3.08. The summed E-state index contributed by atoms with van der Waals surface area (Å²) in [5.41, 5.74) is 2.10. The van der Waals surface area contributed by atoms with Gasteiger partial charge in [0, 0.05) is 18.9 Å². The van der Waals surface area contributed by atoms with Crippen LogP contribution in [0.5, 0.6) is 0 Å². The Labute approximate surface area is 162 Å². The maximum atomic E-state index is 12.5. The Hall–Kier alpha value is -3.42. The molecule has 1 aliphatic heterocycles. The Balaban J connectivity index is 1.61. The maximum absolute atomic E-state index is 12.5. The van der Waals surface area contributed by atoms with Crippen LogP contribution < -0.4 is 5.32 Å². The molecule has 2 aromatic rings. The van der Waals surface area contributed by atoms with Gasteiger partial charge in [-0.25, -0.2) is 9.59 Å². The largest absolute Gasteiger partial charge is 0.465 e. The van der Waals surface area contributed by atoms with Gasteiger partial charge in [0.25, 0.3) is 0 Å². The molecule has 8 heteroatoms. The van der Waals surface area contributed by atoms with E-state index in [1.807, 2.05) is 12.1 Å². The van der Waals surface area contributed by atoms with Crippen LogP contribution in [0.25, 0.3) is 0 Å². The van der Waals surface area contributed by atoms with Gasteiger partial charge in [-0.05, 0) is 35.7 Å². The molecule has 0 unspecified atom stereocenters. The van der Waals surface area contributed by atoms with Crippen LogP contribution >= 0.6 is 0 Å². The molecule has 1 aliphatic rings. The van der Waals surface area contributed by atoms with Crippen LogP contribution in [-0.4, -0.2) is 54.2 Å². The van der Waals surface area contributed by atoms with Gasteiger partial charge in [-0.1, -0.05) is 18.2 Å². The minimum absolute atomic E-state index is 0.00570. The van der Waals surface area contributed by atoms with Crippen molar-refractivity contribution in [3.63, 3.8) is 0 Å². The molecule has 0 aliphatic carbocycles. The Morgan fingerprint density at radius 2 is 2.11 bits per heavy atom. The summed E-state index contributed by atoms with van der Waals surface area (Å²) in [6.07, 6.45) is 3.52. The standard InChI is InChI=1S/C20H21N3O5/c1-27-19(25)16-6-2-4-15(10-16)12-23-17(13-28-20(23)26)18(24)22-9-7-14-5-3-8-21-11-14/h2-6,8,10-11,17H,7,9,12-13H2,1H3,(H,22,24)/t17-/m0/s1. The number of nitrogens with zero attached hydrogens (tertiary/aromatic N) is 2. The fourth-order valence-electron chi connectivity index (χ4n) is 2.95. The monoisotopic (exact) mass is 383 g/mol. The van der Waals surface area contributed by atoms with Crippen molar-refractivity contribution in [3.8, 4) is 0 Å². The highest BCUT2D eigenvalue weighted by Gasteiger charge is 2.37.